The SMILES string of the molecule is CCNc1nc(C)cc(NCCNC(=O)Nc2ccccc2CC)n1. The fourth-order valence-corrected chi connectivity index (χ4v) is 2.38. The third-order valence-electron chi connectivity index (χ3n) is 3.55. The molecule has 7 nitrogen and oxygen atoms in total. The van der Waals surface area contributed by atoms with Gasteiger partial charge in [0.1, 0.15) is 5.82 Å². The maximum absolute atomic E-state index is 12.0. The number of rotatable bonds is 8. The molecule has 134 valence electrons. The number of hydrogen-bond acceptors (Lipinski definition) is 5. The minimum absolute atomic E-state index is 0.213. The molecule has 1 heterocycles. The average molecular weight is 342 g/mol. The second kappa shape index (κ2) is 9.46. The summed E-state index contributed by atoms with van der Waals surface area (Å²) in [6, 6.07) is 9.46. The van der Waals surface area contributed by atoms with Crippen LogP contribution in [0.15, 0.2) is 30.3 Å². The van der Waals surface area contributed by atoms with Crippen LogP contribution < -0.4 is 21.3 Å². The topological polar surface area (TPSA) is 91.0 Å². The van der Waals surface area contributed by atoms with Gasteiger partial charge in [-0.05, 0) is 31.9 Å². The normalized spacial score (nSPS) is 10.2. The summed E-state index contributed by atoms with van der Waals surface area (Å²) in [5, 5.41) is 12.0. The molecule has 0 spiro atoms. The van der Waals surface area contributed by atoms with E-state index in [1.165, 1.54) is 0 Å². The zero-order valence-corrected chi connectivity index (χ0v) is 15.0. The summed E-state index contributed by atoms with van der Waals surface area (Å²) in [6.45, 7) is 7.81. The van der Waals surface area contributed by atoms with Crippen LogP contribution in [0.3, 0.4) is 0 Å². The smallest absolute Gasteiger partial charge is 0.319 e. The number of amides is 2. The zero-order valence-electron chi connectivity index (χ0n) is 15.0. The summed E-state index contributed by atoms with van der Waals surface area (Å²) in [4.78, 5) is 20.7. The van der Waals surface area contributed by atoms with Gasteiger partial charge in [0, 0.05) is 37.1 Å². The van der Waals surface area contributed by atoms with E-state index in [-0.39, 0.29) is 6.03 Å². The number of nitrogens with one attached hydrogen (secondary N) is 4. The molecule has 0 radical (unpaired) electrons. The Morgan fingerprint density at radius 3 is 2.64 bits per heavy atom. The fraction of sp³-hybridized carbons (Fsp3) is 0.389. The van der Waals surface area contributed by atoms with Crippen molar-refractivity contribution in [2.75, 3.05) is 35.6 Å². The van der Waals surface area contributed by atoms with Crippen LogP contribution in [0.25, 0.3) is 0 Å². The second-order valence-corrected chi connectivity index (χ2v) is 5.57. The Labute approximate surface area is 148 Å². The van der Waals surface area contributed by atoms with Crippen molar-refractivity contribution in [2.45, 2.75) is 27.2 Å². The van der Waals surface area contributed by atoms with Crippen LogP contribution in [-0.2, 0) is 6.42 Å². The Kier molecular flexibility index (Phi) is 7.00. The number of nitrogens with zero attached hydrogens (tertiary/aromatic N) is 2. The summed E-state index contributed by atoms with van der Waals surface area (Å²) in [7, 11) is 0. The number of carbonyl (C=O) groups is 1. The van der Waals surface area contributed by atoms with Crippen LogP contribution in [-0.4, -0.2) is 35.6 Å². The molecule has 2 amide bonds. The van der Waals surface area contributed by atoms with Crippen molar-refractivity contribution in [1.29, 1.82) is 0 Å². The Bertz CT molecular complexity index is 704. The van der Waals surface area contributed by atoms with Gasteiger partial charge in [-0.1, -0.05) is 25.1 Å². The lowest BCUT2D eigenvalue weighted by Gasteiger charge is -2.12. The van der Waals surface area contributed by atoms with Gasteiger partial charge in [-0.3, -0.25) is 0 Å². The van der Waals surface area contributed by atoms with Gasteiger partial charge in [-0.15, -0.1) is 0 Å². The monoisotopic (exact) mass is 342 g/mol. The lowest BCUT2D eigenvalue weighted by atomic mass is 10.1. The molecule has 7 heteroatoms. The number of benzene rings is 1. The van der Waals surface area contributed by atoms with E-state index in [4.69, 9.17) is 0 Å². The maximum Gasteiger partial charge on any atom is 0.319 e. The molecule has 0 saturated carbocycles. The lowest BCUT2D eigenvalue weighted by Crippen LogP contribution is -2.33. The number of urea groups is 1. The molecule has 2 rings (SSSR count). The summed E-state index contributed by atoms with van der Waals surface area (Å²) in [5.74, 6) is 1.34. The Hall–Kier alpha value is -2.83. The van der Waals surface area contributed by atoms with Gasteiger partial charge in [0.05, 0.1) is 0 Å². The van der Waals surface area contributed by atoms with E-state index in [9.17, 15) is 4.79 Å². The van der Waals surface area contributed by atoms with E-state index in [1.54, 1.807) is 0 Å². The molecular weight excluding hydrogens is 316 g/mol. The van der Waals surface area contributed by atoms with Gasteiger partial charge in [-0.2, -0.15) is 4.98 Å². The minimum atomic E-state index is -0.213. The maximum atomic E-state index is 12.0. The summed E-state index contributed by atoms with van der Waals surface area (Å²) < 4.78 is 0. The number of aryl methyl sites for hydroxylation is 2. The van der Waals surface area contributed by atoms with E-state index >= 15 is 0 Å². The molecule has 0 aliphatic rings. The van der Waals surface area contributed by atoms with Crippen molar-refractivity contribution in [3.63, 3.8) is 0 Å². The third-order valence-corrected chi connectivity index (χ3v) is 3.55. The molecule has 0 atom stereocenters. The van der Waals surface area contributed by atoms with E-state index in [0.717, 1.165) is 35.7 Å². The molecule has 0 bridgehead atoms. The van der Waals surface area contributed by atoms with Crippen LogP contribution in [0, 0.1) is 6.92 Å². The quantitative estimate of drug-likeness (QED) is 0.554. The van der Waals surface area contributed by atoms with Crippen molar-refractivity contribution in [2.24, 2.45) is 0 Å². The van der Waals surface area contributed by atoms with Gasteiger partial charge in [0.2, 0.25) is 5.95 Å². The molecule has 1 aromatic heterocycles. The largest absolute Gasteiger partial charge is 0.368 e. The molecule has 0 fully saturated rings. The standard InChI is InChI=1S/C18H26N6O/c1-4-14-8-6-7-9-15(14)23-18(25)21-11-10-20-16-12-13(3)22-17(24-16)19-5-2/h6-9,12H,4-5,10-11H2,1-3H3,(H2,21,23,25)(H2,19,20,22,24). The minimum Gasteiger partial charge on any atom is -0.368 e. The van der Waals surface area contributed by atoms with Gasteiger partial charge in [0.25, 0.3) is 0 Å². The first-order chi connectivity index (χ1) is 12.1. The van der Waals surface area contributed by atoms with Crippen molar-refractivity contribution >= 4 is 23.5 Å². The first-order valence-corrected chi connectivity index (χ1v) is 8.58. The van der Waals surface area contributed by atoms with Crippen LogP contribution >= 0.6 is 0 Å². The van der Waals surface area contributed by atoms with E-state index < -0.39 is 0 Å². The summed E-state index contributed by atoms with van der Waals surface area (Å²) in [6.07, 6.45) is 0.874. The second-order valence-electron chi connectivity index (χ2n) is 5.57. The molecule has 0 unspecified atom stereocenters. The van der Waals surface area contributed by atoms with E-state index in [0.29, 0.717) is 19.0 Å². The summed E-state index contributed by atoms with van der Waals surface area (Å²) in [5.41, 5.74) is 2.84. The fourth-order valence-electron chi connectivity index (χ4n) is 2.38. The number of aromatic nitrogens is 2. The van der Waals surface area contributed by atoms with Gasteiger partial charge in [0.15, 0.2) is 0 Å². The average Bonchev–Trinajstić information content (AvgIpc) is 2.59. The molecule has 25 heavy (non-hydrogen) atoms. The van der Waals surface area contributed by atoms with E-state index in [2.05, 4.69) is 38.2 Å². The number of hydrogen-bond donors (Lipinski definition) is 4. The zero-order chi connectivity index (χ0) is 18.1. The molecular formula is C18H26N6O. The predicted molar refractivity (Wildman–Crippen MR) is 102 cm³/mol. The number of anilines is 3. The van der Waals surface area contributed by atoms with Crippen LogP contribution in [0.5, 0.6) is 0 Å². The lowest BCUT2D eigenvalue weighted by molar-refractivity contribution is 0.252. The molecule has 0 aliphatic heterocycles. The molecule has 0 aliphatic carbocycles. The third kappa shape index (κ3) is 5.95. The summed E-state index contributed by atoms with van der Waals surface area (Å²) >= 11 is 0. The van der Waals surface area contributed by atoms with Crippen molar-refractivity contribution in [3.05, 3.63) is 41.6 Å². The highest BCUT2D eigenvalue weighted by Crippen LogP contribution is 2.15. The molecule has 2 aromatic rings. The van der Waals surface area contributed by atoms with Crippen molar-refractivity contribution < 1.29 is 4.79 Å². The molecule has 4 N–H and O–H groups in total. The van der Waals surface area contributed by atoms with Gasteiger partial charge < -0.3 is 21.3 Å². The van der Waals surface area contributed by atoms with Crippen molar-refractivity contribution in [3.8, 4) is 0 Å². The van der Waals surface area contributed by atoms with Crippen LogP contribution in [0.2, 0.25) is 0 Å². The van der Waals surface area contributed by atoms with Crippen LogP contribution in [0.4, 0.5) is 22.2 Å². The van der Waals surface area contributed by atoms with Crippen LogP contribution in [0.1, 0.15) is 25.1 Å². The Morgan fingerprint density at radius 2 is 1.88 bits per heavy atom. The first kappa shape index (κ1) is 18.5. The number of carbonyl (C=O) groups excluding carboxylic acids is 1. The Balaban J connectivity index is 1.78. The van der Waals surface area contributed by atoms with Gasteiger partial charge in [-0.25, -0.2) is 9.78 Å². The van der Waals surface area contributed by atoms with E-state index in [1.807, 2.05) is 44.2 Å². The van der Waals surface area contributed by atoms with Gasteiger partial charge >= 0.3 is 6.03 Å². The highest BCUT2D eigenvalue weighted by Gasteiger charge is 2.05. The Morgan fingerprint density at radius 1 is 1.08 bits per heavy atom. The number of para-hydroxylation sites is 1. The molecule has 0 saturated heterocycles. The highest BCUT2D eigenvalue weighted by atomic mass is 16.2. The highest BCUT2D eigenvalue weighted by molar-refractivity contribution is 5.90. The first-order valence-electron chi connectivity index (χ1n) is 8.58. The molecule has 1 aromatic carbocycles. The van der Waals surface area contributed by atoms with Crippen molar-refractivity contribution in [1.82, 2.24) is 15.3 Å². The predicted octanol–water partition coefficient (Wildman–Crippen LogP) is 3.01.